The van der Waals surface area contributed by atoms with Gasteiger partial charge in [-0.2, -0.15) is 0 Å². The summed E-state index contributed by atoms with van der Waals surface area (Å²) in [6, 6.07) is 16.3. The molecular formula is C22H23FN4OS. The normalized spacial score (nSPS) is 18.8. The number of hydrogen-bond acceptors (Lipinski definition) is 3. The fourth-order valence-electron chi connectivity index (χ4n) is 3.85. The molecule has 1 N–H and O–H groups in total. The summed E-state index contributed by atoms with van der Waals surface area (Å²) in [5.41, 5.74) is 2.37. The van der Waals surface area contributed by atoms with E-state index >= 15 is 0 Å². The van der Waals surface area contributed by atoms with Gasteiger partial charge in [-0.15, -0.1) is 0 Å². The highest BCUT2D eigenvalue weighted by molar-refractivity contribution is 7.80. The molecule has 4 rings (SSSR count). The monoisotopic (exact) mass is 410 g/mol. The quantitative estimate of drug-likeness (QED) is 0.471. The Morgan fingerprint density at radius 2 is 1.97 bits per heavy atom. The maximum absolute atomic E-state index is 14.6. The zero-order chi connectivity index (χ0) is 20.2. The standard InChI is InChI=1S/C22H23FN4OS/c1-28-15-7-14-27-21(20(25-22(27)29)17-9-4-5-12-24-17)19-11-6-13-26(19)18-10-3-2-8-16(18)23/h2-6,8-13,20-21H,7,14-15H2,1H3,(H,25,29)/t20-,21+/m0/s1. The van der Waals surface area contributed by atoms with Crippen molar-refractivity contribution in [2.24, 2.45) is 0 Å². The van der Waals surface area contributed by atoms with Gasteiger partial charge < -0.3 is 19.5 Å². The van der Waals surface area contributed by atoms with Crippen LogP contribution >= 0.6 is 12.2 Å². The van der Waals surface area contributed by atoms with E-state index < -0.39 is 0 Å². The van der Waals surface area contributed by atoms with Gasteiger partial charge in [-0.05, 0) is 55.0 Å². The van der Waals surface area contributed by atoms with Crippen molar-refractivity contribution in [1.82, 2.24) is 19.8 Å². The van der Waals surface area contributed by atoms with E-state index in [-0.39, 0.29) is 17.9 Å². The van der Waals surface area contributed by atoms with Crippen molar-refractivity contribution in [1.29, 1.82) is 0 Å². The van der Waals surface area contributed by atoms with E-state index in [9.17, 15) is 4.39 Å². The van der Waals surface area contributed by atoms with E-state index in [4.69, 9.17) is 17.0 Å². The summed E-state index contributed by atoms with van der Waals surface area (Å²) in [7, 11) is 1.69. The van der Waals surface area contributed by atoms with E-state index in [0.717, 1.165) is 24.4 Å². The van der Waals surface area contributed by atoms with Crippen LogP contribution in [0.1, 0.15) is 29.9 Å². The number of thiocarbonyl (C=S) groups is 1. The van der Waals surface area contributed by atoms with Gasteiger partial charge in [0.2, 0.25) is 0 Å². The van der Waals surface area contributed by atoms with Crippen LogP contribution in [0.5, 0.6) is 0 Å². The average Bonchev–Trinajstić information content (AvgIpc) is 3.34. The Bertz CT molecular complexity index is 978. The van der Waals surface area contributed by atoms with Gasteiger partial charge in [0.15, 0.2) is 5.11 Å². The lowest BCUT2D eigenvalue weighted by atomic mass is 10.0. The topological polar surface area (TPSA) is 42.3 Å². The maximum atomic E-state index is 14.6. The second-order valence-corrected chi connectivity index (χ2v) is 7.31. The molecule has 5 nitrogen and oxygen atoms in total. The first-order valence-electron chi connectivity index (χ1n) is 9.60. The molecule has 2 aromatic heterocycles. The lowest BCUT2D eigenvalue weighted by molar-refractivity contribution is 0.180. The lowest BCUT2D eigenvalue weighted by Gasteiger charge is -2.29. The fourth-order valence-corrected chi connectivity index (χ4v) is 4.18. The van der Waals surface area contributed by atoms with E-state index in [1.165, 1.54) is 6.07 Å². The van der Waals surface area contributed by atoms with Gasteiger partial charge in [0.05, 0.1) is 23.5 Å². The largest absolute Gasteiger partial charge is 0.385 e. The minimum atomic E-state index is -0.265. The highest BCUT2D eigenvalue weighted by atomic mass is 32.1. The Morgan fingerprint density at radius 3 is 2.72 bits per heavy atom. The van der Waals surface area contributed by atoms with Gasteiger partial charge in [0, 0.05) is 38.3 Å². The van der Waals surface area contributed by atoms with Crippen molar-refractivity contribution >= 4 is 17.3 Å². The lowest BCUT2D eigenvalue weighted by Crippen LogP contribution is -2.32. The van der Waals surface area contributed by atoms with Crippen molar-refractivity contribution in [2.45, 2.75) is 18.5 Å². The van der Waals surface area contributed by atoms with Crippen LogP contribution in [-0.2, 0) is 4.74 Å². The third kappa shape index (κ3) is 3.88. The van der Waals surface area contributed by atoms with Crippen LogP contribution in [-0.4, -0.2) is 39.8 Å². The summed E-state index contributed by atoms with van der Waals surface area (Å²) >= 11 is 5.67. The average molecular weight is 411 g/mol. The van der Waals surface area contributed by atoms with Gasteiger partial charge in [-0.3, -0.25) is 4.98 Å². The molecule has 0 bridgehead atoms. The highest BCUT2D eigenvalue weighted by Gasteiger charge is 2.41. The molecule has 150 valence electrons. The van der Waals surface area contributed by atoms with Crippen LogP contribution in [0.15, 0.2) is 67.0 Å². The fraction of sp³-hybridized carbons (Fsp3) is 0.273. The summed E-state index contributed by atoms with van der Waals surface area (Å²) in [4.78, 5) is 6.70. The van der Waals surface area contributed by atoms with Crippen LogP contribution in [0.3, 0.4) is 0 Å². The minimum Gasteiger partial charge on any atom is -0.385 e. The number of nitrogens with one attached hydrogen (secondary N) is 1. The Labute approximate surface area is 175 Å². The zero-order valence-electron chi connectivity index (χ0n) is 16.2. The molecule has 1 aliphatic heterocycles. The van der Waals surface area contributed by atoms with Crippen LogP contribution in [0.25, 0.3) is 5.69 Å². The van der Waals surface area contributed by atoms with Gasteiger partial charge in [0.1, 0.15) is 5.82 Å². The molecule has 1 saturated heterocycles. The number of aromatic nitrogens is 2. The first kappa shape index (κ1) is 19.5. The van der Waals surface area contributed by atoms with E-state index in [1.807, 2.05) is 47.2 Å². The number of hydrogen-bond donors (Lipinski definition) is 1. The van der Waals surface area contributed by atoms with Gasteiger partial charge in [-0.25, -0.2) is 4.39 Å². The highest BCUT2D eigenvalue weighted by Crippen LogP contribution is 2.39. The number of methoxy groups -OCH3 is 1. The van der Waals surface area contributed by atoms with Gasteiger partial charge >= 0.3 is 0 Å². The molecule has 1 aliphatic rings. The summed E-state index contributed by atoms with van der Waals surface area (Å²) in [5.74, 6) is -0.265. The molecule has 0 saturated carbocycles. The second-order valence-electron chi connectivity index (χ2n) is 6.92. The number of para-hydroxylation sites is 1. The minimum absolute atomic E-state index is 0.121. The third-order valence-corrected chi connectivity index (χ3v) is 5.49. The van der Waals surface area contributed by atoms with Gasteiger partial charge in [-0.1, -0.05) is 18.2 Å². The van der Waals surface area contributed by atoms with E-state index in [0.29, 0.717) is 17.4 Å². The van der Waals surface area contributed by atoms with Crippen LogP contribution in [0, 0.1) is 5.82 Å². The molecule has 0 radical (unpaired) electrons. The molecule has 0 spiro atoms. The number of rotatable bonds is 7. The number of ether oxygens (including phenoxy) is 1. The smallest absolute Gasteiger partial charge is 0.170 e. The maximum Gasteiger partial charge on any atom is 0.170 e. The van der Waals surface area contributed by atoms with Crippen LogP contribution in [0.2, 0.25) is 0 Å². The summed E-state index contributed by atoms with van der Waals surface area (Å²) < 4.78 is 21.7. The van der Waals surface area contributed by atoms with Crippen molar-refractivity contribution in [3.8, 4) is 5.69 Å². The van der Waals surface area contributed by atoms with E-state index in [1.54, 1.807) is 25.4 Å². The number of halogens is 1. The second kappa shape index (κ2) is 8.71. The van der Waals surface area contributed by atoms with Crippen molar-refractivity contribution in [2.75, 3.05) is 20.3 Å². The molecule has 3 heterocycles. The first-order valence-corrected chi connectivity index (χ1v) is 10.0. The van der Waals surface area contributed by atoms with Crippen molar-refractivity contribution in [3.05, 3.63) is 84.2 Å². The zero-order valence-corrected chi connectivity index (χ0v) is 17.0. The molecule has 2 atom stereocenters. The molecule has 1 fully saturated rings. The Hall–Kier alpha value is -2.77. The molecule has 29 heavy (non-hydrogen) atoms. The molecule has 7 heteroatoms. The van der Waals surface area contributed by atoms with Crippen LogP contribution in [0.4, 0.5) is 4.39 Å². The molecule has 1 aromatic carbocycles. The number of pyridine rings is 1. The van der Waals surface area contributed by atoms with Gasteiger partial charge in [0.25, 0.3) is 0 Å². The summed E-state index contributed by atoms with van der Waals surface area (Å²) in [6.45, 7) is 1.38. The predicted molar refractivity (Wildman–Crippen MR) is 114 cm³/mol. The first-order chi connectivity index (χ1) is 14.2. The summed E-state index contributed by atoms with van der Waals surface area (Å²) in [5, 5.41) is 4.10. The van der Waals surface area contributed by atoms with Crippen LogP contribution < -0.4 is 5.32 Å². The molecule has 0 unspecified atom stereocenters. The SMILES string of the molecule is COCCCN1C(=S)N[C@@H](c2ccccn2)[C@H]1c1cccn1-c1ccccc1F. The summed E-state index contributed by atoms with van der Waals surface area (Å²) in [6.07, 6.45) is 4.50. The molecule has 0 amide bonds. The van der Waals surface area contributed by atoms with Crippen molar-refractivity contribution in [3.63, 3.8) is 0 Å². The molecule has 3 aromatic rings. The Morgan fingerprint density at radius 1 is 1.14 bits per heavy atom. The van der Waals surface area contributed by atoms with Crippen molar-refractivity contribution < 1.29 is 9.13 Å². The number of benzene rings is 1. The number of nitrogens with zero attached hydrogens (tertiary/aromatic N) is 3. The van der Waals surface area contributed by atoms with E-state index in [2.05, 4.69) is 15.2 Å². The Balaban J connectivity index is 1.77. The third-order valence-electron chi connectivity index (χ3n) is 5.14. The Kier molecular flexibility index (Phi) is 5.87. The molecular weight excluding hydrogens is 387 g/mol. The predicted octanol–water partition coefficient (Wildman–Crippen LogP) is 4.02. The molecule has 0 aliphatic carbocycles.